The van der Waals surface area contributed by atoms with Crippen LogP contribution in [-0.2, 0) is 19.7 Å². The van der Waals surface area contributed by atoms with Crippen LogP contribution in [0.1, 0.15) is 52.6 Å². The van der Waals surface area contributed by atoms with Crippen molar-refractivity contribution in [3.05, 3.63) is 95.1 Å². The van der Waals surface area contributed by atoms with Gasteiger partial charge in [0.25, 0.3) is 5.91 Å². The van der Waals surface area contributed by atoms with E-state index in [1.54, 1.807) is 24.3 Å². The molecule has 3 aromatic rings. The molecule has 0 atom stereocenters. The average Bonchev–Trinajstić information content (AvgIpc) is 2.82. The fourth-order valence-electron chi connectivity index (χ4n) is 3.85. The molecular formula is C29H33NO6S2. The molecule has 0 spiro atoms. The van der Waals surface area contributed by atoms with Crippen molar-refractivity contribution in [3.8, 4) is 0 Å². The Balaban J connectivity index is 1.96. The third-order valence-electron chi connectivity index (χ3n) is 5.89. The highest BCUT2D eigenvalue weighted by atomic mass is 32.2. The lowest BCUT2D eigenvalue weighted by molar-refractivity contribution is 0.0914. The predicted molar refractivity (Wildman–Crippen MR) is 148 cm³/mol. The van der Waals surface area contributed by atoms with Gasteiger partial charge in [0, 0.05) is 16.7 Å². The van der Waals surface area contributed by atoms with E-state index >= 15 is 0 Å². The number of ketones is 1. The Kier molecular flexibility index (Phi) is 8.63. The number of sulfone groups is 2. The second-order valence-electron chi connectivity index (χ2n) is 10.5. The molecule has 3 aromatic carbocycles. The molecule has 0 aliphatic heterocycles. The van der Waals surface area contributed by atoms with Gasteiger partial charge in [0.05, 0.1) is 27.2 Å². The van der Waals surface area contributed by atoms with Crippen LogP contribution < -0.4 is 5.32 Å². The minimum atomic E-state index is -3.98. The molecule has 38 heavy (non-hydrogen) atoms. The highest BCUT2D eigenvalue weighted by molar-refractivity contribution is 7.92. The van der Waals surface area contributed by atoms with Crippen LogP contribution in [0.25, 0.3) is 0 Å². The first-order valence-corrected chi connectivity index (χ1v) is 15.4. The second kappa shape index (κ2) is 11.2. The van der Waals surface area contributed by atoms with Gasteiger partial charge >= 0.3 is 0 Å². The number of carbonyl (C=O) groups excluding carboxylic acids is 2. The summed E-state index contributed by atoms with van der Waals surface area (Å²) in [4.78, 5) is 26.0. The largest absolute Gasteiger partial charge is 0.347 e. The maximum atomic E-state index is 13.6. The Morgan fingerprint density at radius 1 is 0.658 bits per heavy atom. The number of aryl methyl sites for hydroxylation is 2. The molecule has 1 N–H and O–H groups in total. The van der Waals surface area contributed by atoms with E-state index in [0.717, 1.165) is 11.1 Å². The highest BCUT2D eigenvalue weighted by Crippen LogP contribution is 2.23. The van der Waals surface area contributed by atoms with E-state index in [9.17, 15) is 26.4 Å². The van der Waals surface area contributed by atoms with Crippen LogP contribution in [0.15, 0.2) is 82.6 Å². The molecule has 7 nitrogen and oxygen atoms in total. The van der Waals surface area contributed by atoms with Crippen LogP contribution in [0, 0.1) is 19.8 Å². The van der Waals surface area contributed by atoms with Gasteiger partial charge in [0.1, 0.15) is 0 Å². The van der Waals surface area contributed by atoms with Gasteiger partial charge in [-0.05, 0) is 71.0 Å². The molecule has 0 aromatic heterocycles. The van der Waals surface area contributed by atoms with Crippen LogP contribution in [0.4, 0.5) is 0 Å². The maximum Gasteiger partial charge on any atom is 0.251 e. The minimum Gasteiger partial charge on any atom is -0.347 e. The number of carbonyl (C=O) groups is 2. The fraction of sp³-hybridized carbons (Fsp3) is 0.310. The molecule has 0 saturated heterocycles. The molecule has 3 rings (SSSR count). The normalized spacial score (nSPS) is 12.4. The van der Waals surface area contributed by atoms with Crippen molar-refractivity contribution in [1.82, 2.24) is 5.32 Å². The Labute approximate surface area is 225 Å². The lowest BCUT2D eigenvalue weighted by atomic mass is 9.99. The van der Waals surface area contributed by atoms with Gasteiger partial charge in [-0.2, -0.15) is 0 Å². The number of hydrogen-bond acceptors (Lipinski definition) is 6. The molecule has 0 unspecified atom stereocenters. The van der Waals surface area contributed by atoms with E-state index < -0.39 is 48.4 Å². The summed E-state index contributed by atoms with van der Waals surface area (Å²) in [5, 5.41) is 2.83. The van der Waals surface area contributed by atoms with Crippen LogP contribution in [0.5, 0.6) is 0 Å². The number of rotatable bonds is 9. The molecular weight excluding hydrogens is 522 g/mol. The number of amides is 1. The van der Waals surface area contributed by atoms with E-state index in [1.165, 1.54) is 48.5 Å². The van der Waals surface area contributed by atoms with Crippen molar-refractivity contribution in [2.75, 3.05) is 11.5 Å². The number of Topliss-reactive ketones (excluding diaryl/α,β-unsaturated/α-hetero) is 1. The second-order valence-corrected chi connectivity index (χ2v) is 14.6. The number of nitrogens with one attached hydrogen (secondary N) is 1. The maximum absolute atomic E-state index is 13.6. The predicted octanol–water partition coefficient (Wildman–Crippen LogP) is 4.58. The Bertz CT molecular complexity index is 1440. The third-order valence-corrected chi connectivity index (χ3v) is 9.56. The van der Waals surface area contributed by atoms with E-state index in [4.69, 9.17) is 0 Å². The van der Waals surface area contributed by atoms with Gasteiger partial charge in [0.15, 0.2) is 25.5 Å². The summed E-state index contributed by atoms with van der Waals surface area (Å²) in [6, 6.07) is 18.2. The molecule has 0 aliphatic carbocycles. The van der Waals surface area contributed by atoms with Crippen LogP contribution in [0.2, 0.25) is 0 Å². The van der Waals surface area contributed by atoms with Crippen LogP contribution in [0.3, 0.4) is 0 Å². The summed E-state index contributed by atoms with van der Waals surface area (Å²) in [6.07, 6.45) is 0. The van der Waals surface area contributed by atoms with E-state index in [2.05, 4.69) is 5.32 Å². The first-order chi connectivity index (χ1) is 17.6. The highest BCUT2D eigenvalue weighted by Gasteiger charge is 2.33. The molecule has 0 bridgehead atoms. The minimum absolute atomic E-state index is 0.0165. The van der Waals surface area contributed by atoms with E-state index in [1.807, 2.05) is 34.6 Å². The van der Waals surface area contributed by atoms with Crippen molar-refractivity contribution in [2.24, 2.45) is 5.92 Å². The molecule has 202 valence electrons. The molecule has 0 heterocycles. The first-order valence-electron chi connectivity index (χ1n) is 12.1. The van der Waals surface area contributed by atoms with Crippen molar-refractivity contribution in [3.63, 3.8) is 0 Å². The van der Waals surface area contributed by atoms with E-state index in [-0.39, 0.29) is 21.3 Å². The smallest absolute Gasteiger partial charge is 0.251 e. The Morgan fingerprint density at radius 2 is 1.03 bits per heavy atom. The molecule has 0 saturated carbocycles. The summed E-state index contributed by atoms with van der Waals surface area (Å²) in [6.45, 7) is 9.17. The zero-order valence-electron chi connectivity index (χ0n) is 22.2. The molecule has 0 fully saturated rings. The quantitative estimate of drug-likeness (QED) is 0.387. The summed E-state index contributed by atoms with van der Waals surface area (Å²) >= 11 is 0. The van der Waals surface area contributed by atoms with Gasteiger partial charge in [-0.25, -0.2) is 16.8 Å². The molecule has 0 radical (unpaired) electrons. The molecule has 9 heteroatoms. The van der Waals surface area contributed by atoms with Crippen molar-refractivity contribution >= 4 is 31.4 Å². The SMILES string of the molecule is Cc1ccc(S(=O)(=O)CC(CS(=O)(=O)c2ccc(C)cc2)C(=O)c2ccc(C(=O)NC(C)(C)C)cc2)cc1. The van der Waals surface area contributed by atoms with Gasteiger partial charge in [0.2, 0.25) is 0 Å². The molecule has 0 aliphatic rings. The Morgan fingerprint density at radius 3 is 1.39 bits per heavy atom. The fourth-order valence-corrected chi connectivity index (χ4v) is 7.08. The lowest BCUT2D eigenvalue weighted by Gasteiger charge is -2.20. The number of hydrogen-bond donors (Lipinski definition) is 1. The van der Waals surface area contributed by atoms with Gasteiger partial charge < -0.3 is 5.32 Å². The van der Waals surface area contributed by atoms with Gasteiger partial charge in [-0.1, -0.05) is 47.5 Å². The summed E-state index contributed by atoms with van der Waals surface area (Å²) < 4.78 is 52.9. The first kappa shape index (κ1) is 29.3. The van der Waals surface area contributed by atoms with Gasteiger partial charge in [-0.3, -0.25) is 9.59 Å². The van der Waals surface area contributed by atoms with E-state index in [0.29, 0.717) is 5.56 Å². The summed E-state index contributed by atoms with van der Waals surface area (Å²) in [5.41, 5.74) is 1.74. The summed E-state index contributed by atoms with van der Waals surface area (Å²) in [7, 11) is -7.96. The molecule has 1 amide bonds. The zero-order valence-corrected chi connectivity index (χ0v) is 23.8. The van der Waals surface area contributed by atoms with Crippen molar-refractivity contribution in [1.29, 1.82) is 0 Å². The monoisotopic (exact) mass is 555 g/mol. The van der Waals surface area contributed by atoms with Gasteiger partial charge in [-0.15, -0.1) is 0 Å². The van der Waals surface area contributed by atoms with Crippen LogP contribution in [-0.4, -0.2) is 45.6 Å². The summed E-state index contributed by atoms with van der Waals surface area (Å²) in [5.74, 6) is -3.66. The van der Waals surface area contributed by atoms with Crippen LogP contribution >= 0.6 is 0 Å². The lowest BCUT2D eigenvalue weighted by Crippen LogP contribution is -2.40. The third kappa shape index (κ3) is 7.61. The average molecular weight is 556 g/mol. The topological polar surface area (TPSA) is 114 Å². The van der Waals surface area contributed by atoms with Crippen molar-refractivity contribution in [2.45, 2.75) is 49.9 Å². The van der Waals surface area contributed by atoms with Crippen molar-refractivity contribution < 1.29 is 26.4 Å². The Hall–Kier alpha value is -3.30. The standard InChI is InChI=1S/C29H33NO6S2/c1-20-6-14-25(15-7-20)37(33,34)18-24(19-38(35,36)26-16-8-21(2)9-17-26)27(31)22-10-12-23(13-11-22)28(32)30-29(3,4)5/h6-17,24H,18-19H2,1-5H3,(H,30,32). The number of benzene rings is 3. The zero-order chi connectivity index (χ0) is 28.3.